The van der Waals surface area contributed by atoms with Crippen LogP contribution in [-0.4, -0.2) is 66.0 Å². The molecule has 1 aliphatic carbocycles. The topological polar surface area (TPSA) is 87.9 Å². The van der Waals surface area contributed by atoms with Gasteiger partial charge in [0.1, 0.15) is 11.8 Å². The van der Waals surface area contributed by atoms with Gasteiger partial charge in [0.05, 0.1) is 18.7 Å². The molecule has 3 aliphatic heterocycles. The van der Waals surface area contributed by atoms with Crippen molar-refractivity contribution < 1.29 is 14.3 Å². The fraction of sp³-hybridized carbons (Fsp3) is 0.680. The van der Waals surface area contributed by atoms with Crippen molar-refractivity contribution in [2.24, 2.45) is 11.7 Å². The zero-order valence-corrected chi connectivity index (χ0v) is 21.3. The number of rotatable bonds is 4. The SMILES string of the molecule is Cl.Cl.N[C@H](C(=O)N1C[C@@H]2CCCN2C[C@H]1C(=O)N[C@@H]1CCOc2ccccc21)C1CCCCC1. The van der Waals surface area contributed by atoms with Crippen molar-refractivity contribution in [2.75, 3.05) is 26.2 Å². The van der Waals surface area contributed by atoms with Crippen molar-refractivity contribution in [3.63, 3.8) is 0 Å². The van der Waals surface area contributed by atoms with E-state index < -0.39 is 12.1 Å². The molecule has 0 aromatic heterocycles. The van der Waals surface area contributed by atoms with Gasteiger partial charge in [0.2, 0.25) is 11.8 Å². The number of para-hydroxylation sites is 1. The van der Waals surface area contributed by atoms with Gasteiger partial charge in [0, 0.05) is 31.1 Å². The summed E-state index contributed by atoms with van der Waals surface area (Å²) in [6.45, 7) is 2.80. The quantitative estimate of drug-likeness (QED) is 0.647. The molecule has 0 radical (unpaired) electrons. The summed E-state index contributed by atoms with van der Waals surface area (Å²) in [5.41, 5.74) is 7.53. The number of nitrogens with one attached hydrogen (secondary N) is 1. The number of carbonyl (C=O) groups excluding carboxylic acids is 2. The number of fused-ring (bicyclic) bond motifs is 2. The van der Waals surface area contributed by atoms with Crippen LogP contribution in [0.5, 0.6) is 5.75 Å². The van der Waals surface area contributed by atoms with Gasteiger partial charge >= 0.3 is 0 Å². The van der Waals surface area contributed by atoms with Gasteiger partial charge < -0.3 is 20.7 Å². The summed E-state index contributed by atoms with van der Waals surface area (Å²) in [6, 6.07) is 7.16. The first-order valence-corrected chi connectivity index (χ1v) is 12.4. The highest BCUT2D eigenvalue weighted by Crippen LogP contribution is 2.33. The normalized spacial score (nSPS) is 27.8. The third kappa shape index (κ3) is 5.48. The molecule has 34 heavy (non-hydrogen) atoms. The zero-order chi connectivity index (χ0) is 22.1. The number of hydrogen-bond acceptors (Lipinski definition) is 5. The van der Waals surface area contributed by atoms with E-state index >= 15 is 0 Å². The average molecular weight is 514 g/mol. The maximum atomic E-state index is 13.6. The number of hydrogen-bond donors (Lipinski definition) is 2. The van der Waals surface area contributed by atoms with Gasteiger partial charge in [0.25, 0.3) is 0 Å². The van der Waals surface area contributed by atoms with Crippen molar-refractivity contribution in [1.29, 1.82) is 0 Å². The van der Waals surface area contributed by atoms with E-state index in [1.54, 1.807) is 0 Å². The number of nitrogens with two attached hydrogens (primary N) is 1. The summed E-state index contributed by atoms with van der Waals surface area (Å²) < 4.78 is 5.75. The molecule has 1 aromatic rings. The van der Waals surface area contributed by atoms with Crippen LogP contribution < -0.4 is 15.8 Å². The van der Waals surface area contributed by atoms with Crippen LogP contribution in [0.15, 0.2) is 24.3 Å². The Bertz CT molecular complexity index is 851. The molecule has 0 bridgehead atoms. The Morgan fingerprint density at radius 2 is 1.76 bits per heavy atom. The molecule has 0 unspecified atom stereocenters. The van der Waals surface area contributed by atoms with E-state index in [4.69, 9.17) is 10.5 Å². The predicted molar refractivity (Wildman–Crippen MR) is 137 cm³/mol. The maximum Gasteiger partial charge on any atom is 0.244 e. The molecule has 190 valence electrons. The van der Waals surface area contributed by atoms with Crippen molar-refractivity contribution in [3.8, 4) is 5.75 Å². The first-order valence-electron chi connectivity index (χ1n) is 12.4. The van der Waals surface area contributed by atoms with Crippen LogP contribution >= 0.6 is 24.8 Å². The van der Waals surface area contributed by atoms with Crippen LogP contribution in [0.4, 0.5) is 0 Å². The van der Waals surface area contributed by atoms with Crippen molar-refractivity contribution in [1.82, 2.24) is 15.1 Å². The molecule has 3 N–H and O–H groups in total. The summed E-state index contributed by atoms with van der Waals surface area (Å²) in [5.74, 6) is 0.973. The minimum Gasteiger partial charge on any atom is -0.493 e. The highest BCUT2D eigenvalue weighted by molar-refractivity contribution is 5.90. The lowest BCUT2D eigenvalue weighted by atomic mass is 9.83. The van der Waals surface area contributed by atoms with E-state index in [1.807, 2.05) is 29.2 Å². The number of carbonyl (C=O) groups is 2. The van der Waals surface area contributed by atoms with Gasteiger partial charge in [-0.25, -0.2) is 0 Å². The number of piperazine rings is 1. The van der Waals surface area contributed by atoms with Gasteiger partial charge in [-0.2, -0.15) is 0 Å². The summed E-state index contributed by atoms with van der Waals surface area (Å²) in [6.07, 6.45) is 8.52. The monoisotopic (exact) mass is 512 g/mol. The Hall–Kier alpha value is -1.54. The molecule has 4 atom stereocenters. The third-order valence-corrected chi connectivity index (χ3v) is 7.99. The van der Waals surface area contributed by atoms with E-state index in [0.717, 1.165) is 62.8 Å². The van der Waals surface area contributed by atoms with E-state index in [9.17, 15) is 9.59 Å². The van der Waals surface area contributed by atoms with Crippen LogP contribution in [-0.2, 0) is 9.59 Å². The van der Waals surface area contributed by atoms with Crippen molar-refractivity contribution in [2.45, 2.75) is 75.5 Å². The Morgan fingerprint density at radius 1 is 1.00 bits per heavy atom. The predicted octanol–water partition coefficient (Wildman–Crippen LogP) is 3.05. The van der Waals surface area contributed by atoms with E-state index in [2.05, 4.69) is 10.2 Å². The summed E-state index contributed by atoms with van der Waals surface area (Å²) in [4.78, 5) is 31.4. The molecule has 7 nitrogen and oxygen atoms in total. The van der Waals surface area contributed by atoms with E-state index in [-0.39, 0.29) is 48.6 Å². The fourth-order valence-electron chi connectivity index (χ4n) is 6.13. The van der Waals surface area contributed by atoms with Crippen LogP contribution in [0, 0.1) is 5.92 Å². The Labute approximate surface area is 214 Å². The lowest BCUT2D eigenvalue weighted by Gasteiger charge is -2.45. The Balaban J connectivity index is 0.00000162. The minimum atomic E-state index is -0.498. The van der Waals surface area contributed by atoms with E-state index in [1.165, 1.54) is 6.42 Å². The average Bonchev–Trinajstić information content (AvgIpc) is 3.31. The molecule has 4 aliphatic rings. The van der Waals surface area contributed by atoms with Crippen molar-refractivity contribution in [3.05, 3.63) is 29.8 Å². The molecule has 1 aromatic carbocycles. The molecule has 3 fully saturated rings. The number of nitrogens with zero attached hydrogens (tertiary/aromatic N) is 2. The Morgan fingerprint density at radius 3 is 2.56 bits per heavy atom. The second-order valence-corrected chi connectivity index (χ2v) is 9.96. The largest absolute Gasteiger partial charge is 0.493 e. The molecular weight excluding hydrogens is 475 g/mol. The number of halogens is 2. The molecule has 1 saturated carbocycles. The van der Waals surface area contributed by atoms with Crippen LogP contribution in [0.1, 0.15) is 63.0 Å². The van der Waals surface area contributed by atoms with Crippen molar-refractivity contribution >= 4 is 36.6 Å². The van der Waals surface area contributed by atoms with Gasteiger partial charge in [-0.05, 0) is 44.2 Å². The summed E-state index contributed by atoms with van der Waals surface area (Å²) in [5, 5.41) is 3.25. The second kappa shape index (κ2) is 11.9. The molecule has 2 amide bonds. The molecule has 9 heteroatoms. The van der Waals surface area contributed by atoms with Crippen LogP contribution in [0.2, 0.25) is 0 Å². The second-order valence-electron chi connectivity index (χ2n) is 9.96. The lowest BCUT2D eigenvalue weighted by molar-refractivity contribution is -0.147. The summed E-state index contributed by atoms with van der Waals surface area (Å²) >= 11 is 0. The van der Waals surface area contributed by atoms with Gasteiger partial charge in [0.15, 0.2) is 0 Å². The molecule has 2 saturated heterocycles. The maximum absolute atomic E-state index is 13.6. The van der Waals surface area contributed by atoms with Gasteiger partial charge in [-0.3, -0.25) is 14.5 Å². The number of benzene rings is 1. The number of amides is 2. The molecule has 0 spiro atoms. The molecular formula is C25H38Cl2N4O3. The van der Waals surface area contributed by atoms with Crippen LogP contribution in [0.25, 0.3) is 0 Å². The third-order valence-electron chi connectivity index (χ3n) is 7.99. The van der Waals surface area contributed by atoms with Gasteiger partial charge in [-0.1, -0.05) is 37.5 Å². The van der Waals surface area contributed by atoms with Crippen LogP contribution in [0.3, 0.4) is 0 Å². The standard InChI is InChI=1S/C25H36N4O3.2ClH/c26-23(17-7-2-1-3-8-17)25(31)29-15-18-9-6-13-28(18)16-21(29)24(30)27-20-12-14-32-22-11-5-4-10-19(20)22;;/h4-5,10-11,17-18,20-21,23H,1-3,6-9,12-16,26H2,(H,27,30);2*1H/t18-,20+,21-,23-;;/m0../s1. The minimum absolute atomic E-state index is 0. The first-order chi connectivity index (χ1) is 15.6. The Kier molecular flexibility index (Phi) is 9.49. The van der Waals surface area contributed by atoms with E-state index in [0.29, 0.717) is 25.7 Å². The smallest absolute Gasteiger partial charge is 0.244 e. The zero-order valence-electron chi connectivity index (χ0n) is 19.7. The number of ether oxygens (including phenoxy) is 1. The lowest BCUT2D eigenvalue weighted by Crippen LogP contribution is -2.65. The fourth-order valence-corrected chi connectivity index (χ4v) is 6.13. The molecule has 3 heterocycles. The molecule has 5 rings (SSSR count). The summed E-state index contributed by atoms with van der Waals surface area (Å²) in [7, 11) is 0. The highest BCUT2D eigenvalue weighted by Gasteiger charge is 2.44. The highest BCUT2D eigenvalue weighted by atomic mass is 35.5. The van der Waals surface area contributed by atoms with Gasteiger partial charge in [-0.15, -0.1) is 24.8 Å². The first kappa shape index (κ1) is 27.1.